The summed E-state index contributed by atoms with van der Waals surface area (Å²) in [7, 11) is 0. The van der Waals surface area contributed by atoms with Crippen molar-refractivity contribution in [1.82, 2.24) is 15.2 Å². The highest BCUT2D eigenvalue weighted by atomic mass is 35.5. The van der Waals surface area contributed by atoms with Crippen LogP contribution in [0.15, 0.2) is 62.0 Å². The molecule has 3 heterocycles. The zero-order chi connectivity index (χ0) is 16.4. The summed E-state index contributed by atoms with van der Waals surface area (Å²) in [4.78, 5) is 5.23. The summed E-state index contributed by atoms with van der Waals surface area (Å²) in [6.45, 7) is 0. The fourth-order valence-corrected chi connectivity index (χ4v) is 3.49. The SMILES string of the molecule is Clc1cccc(-c2cnc(CSc3nnc(-c4cccs4)o3)o2)c1. The standard InChI is InChI=1S/C16H10ClN3O2S2/c17-11-4-1-3-10(7-11)12-8-18-14(21-12)9-24-16-20-19-15(22-16)13-5-2-6-23-13/h1-8H,9H2. The largest absolute Gasteiger partial charge is 0.440 e. The third-order valence-electron chi connectivity index (χ3n) is 3.12. The molecule has 0 atom stereocenters. The van der Waals surface area contributed by atoms with Crippen LogP contribution in [-0.4, -0.2) is 15.2 Å². The van der Waals surface area contributed by atoms with Crippen LogP contribution in [0.25, 0.3) is 22.1 Å². The molecule has 0 aliphatic rings. The van der Waals surface area contributed by atoms with Crippen molar-refractivity contribution in [2.24, 2.45) is 0 Å². The maximum Gasteiger partial charge on any atom is 0.277 e. The molecule has 24 heavy (non-hydrogen) atoms. The van der Waals surface area contributed by atoms with Crippen molar-refractivity contribution in [3.8, 4) is 22.1 Å². The molecule has 4 aromatic rings. The number of halogens is 1. The molecule has 0 amide bonds. The van der Waals surface area contributed by atoms with Crippen LogP contribution >= 0.6 is 34.7 Å². The third kappa shape index (κ3) is 3.38. The van der Waals surface area contributed by atoms with Crippen molar-refractivity contribution in [2.45, 2.75) is 11.0 Å². The predicted molar refractivity (Wildman–Crippen MR) is 94.1 cm³/mol. The second-order valence-corrected chi connectivity index (χ2v) is 7.08. The lowest BCUT2D eigenvalue weighted by Gasteiger charge is -1.96. The number of nitrogens with zero attached hydrogens (tertiary/aromatic N) is 3. The number of hydrogen-bond acceptors (Lipinski definition) is 7. The Balaban J connectivity index is 1.43. The lowest BCUT2D eigenvalue weighted by Crippen LogP contribution is -1.79. The van der Waals surface area contributed by atoms with Crippen LogP contribution in [0.5, 0.6) is 0 Å². The predicted octanol–water partition coefficient (Wildman–Crippen LogP) is 5.40. The normalized spacial score (nSPS) is 11.0. The Morgan fingerprint density at radius 3 is 2.92 bits per heavy atom. The maximum absolute atomic E-state index is 5.99. The number of aromatic nitrogens is 3. The van der Waals surface area contributed by atoms with Gasteiger partial charge in [0.1, 0.15) is 0 Å². The molecule has 0 saturated heterocycles. The quantitative estimate of drug-likeness (QED) is 0.435. The van der Waals surface area contributed by atoms with E-state index in [0.717, 1.165) is 10.4 Å². The van der Waals surface area contributed by atoms with Gasteiger partial charge in [0.2, 0.25) is 5.89 Å². The van der Waals surface area contributed by atoms with Gasteiger partial charge >= 0.3 is 0 Å². The third-order valence-corrected chi connectivity index (χ3v) is 5.02. The van der Waals surface area contributed by atoms with Crippen LogP contribution in [0.1, 0.15) is 5.89 Å². The van der Waals surface area contributed by atoms with Gasteiger partial charge in [0.05, 0.1) is 16.8 Å². The first-order valence-corrected chi connectivity index (χ1v) is 9.23. The van der Waals surface area contributed by atoms with Crippen LogP contribution < -0.4 is 0 Å². The summed E-state index contributed by atoms with van der Waals surface area (Å²) in [6, 6.07) is 11.3. The average Bonchev–Trinajstić information content (AvgIpc) is 3.33. The molecule has 0 aliphatic carbocycles. The van der Waals surface area contributed by atoms with Crippen molar-refractivity contribution in [1.29, 1.82) is 0 Å². The molecule has 0 bridgehead atoms. The Hall–Kier alpha value is -2.09. The van der Waals surface area contributed by atoms with E-state index in [1.807, 2.05) is 41.8 Å². The van der Waals surface area contributed by atoms with Gasteiger partial charge in [-0.05, 0) is 23.6 Å². The second kappa shape index (κ2) is 6.80. The van der Waals surface area contributed by atoms with E-state index in [9.17, 15) is 0 Å². The number of thiophene rings is 1. The van der Waals surface area contributed by atoms with Crippen LogP contribution in [0.4, 0.5) is 0 Å². The molecule has 0 aliphatic heterocycles. The first-order valence-electron chi connectivity index (χ1n) is 6.99. The highest BCUT2D eigenvalue weighted by Gasteiger charge is 2.12. The van der Waals surface area contributed by atoms with E-state index >= 15 is 0 Å². The molecule has 0 unspecified atom stereocenters. The minimum Gasteiger partial charge on any atom is -0.440 e. The van der Waals surface area contributed by atoms with Crippen LogP contribution in [0, 0.1) is 0 Å². The van der Waals surface area contributed by atoms with E-state index in [1.165, 1.54) is 11.8 Å². The topological polar surface area (TPSA) is 65.0 Å². The zero-order valence-electron chi connectivity index (χ0n) is 12.2. The summed E-state index contributed by atoms with van der Waals surface area (Å²) >= 11 is 8.94. The Kier molecular flexibility index (Phi) is 4.38. The van der Waals surface area contributed by atoms with Crippen molar-refractivity contribution in [3.63, 3.8) is 0 Å². The summed E-state index contributed by atoms with van der Waals surface area (Å²) in [5.41, 5.74) is 0.893. The van der Waals surface area contributed by atoms with Gasteiger partial charge in [-0.3, -0.25) is 0 Å². The van der Waals surface area contributed by atoms with E-state index in [0.29, 0.717) is 33.5 Å². The van der Waals surface area contributed by atoms with Gasteiger partial charge in [-0.1, -0.05) is 41.6 Å². The summed E-state index contributed by atoms with van der Waals surface area (Å²) < 4.78 is 11.4. The number of hydrogen-bond donors (Lipinski definition) is 0. The monoisotopic (exact) mass is 375 g/mol. The fraction of sp³-hybridized carbons (Fsp3) is 0.0625. The van der Waals surface area contributed by atoms with Crippen molar-refractivity contribution < 1.29 is 8.83 Å². The zero-order valence-corrected chi connectivity index (χ0v) is 14.6. The maximum atomic E-state index is 5.99. The first kappa shape index (κ1) is 15.4. The second-order valence-electron chi connectivity index (χ2n) is 4.77. The van der Waals surface area contributed by atoms with Crippen LogP contribution in [0.3, 0.4) is 0 Å². The Bertz CT molecular complexity index is 950. The Morgan fingerprint density at radius 1 is 1.12 bits per heavy atom. The van der Waals surface area contributed by atoms with Crippen molar-refractivity contribution >= 4 is 34.7 Å². The van der Waals surface area contributed by atoms with Crippen LogP contribution in [-0.2, 0) is 5.75 Å². The van der Waals surface area contributed by atoms with Gasteiger partial charge in [0, 0.05) is 10.6 Å². The molecule has 8 heteroatoms. The first-order chi connectivity index (χ1) is 11.8. The Morgan fingerprint density at radius 2 is 2.08 bits per heavy atom. The summed E-state index contributed by atoms with van der Waals surface area (Å²) in [5, 5.41) is 11.2. The molecule has 4 rings (SSSR count). The van der Waals surface area contributed by atoms with Gasteiger partial charge in [-0.2, -0.15) is 0 Å². The molecule has 1 aromatic carbocycles. The number of oxazole rings is 1. The molecule has 0 fully saturated rings. The van der Waals surface area contributed by atoms with Gasteiger partial charge in [-0.15, -0.1) is 21.5 Å². The minimum absolute atomic E-state index is 0.487. The van der Waals surface area contributed by atoms with Crippen molar-refractivity contribution in [3.05, 3.63) is 58.9 Å². The summed E-state index contributed by atoms with van der Waals surface area (Å²) in [5.74, 6) is 2.30. The molecular formula is C16H10ClN3O2S2. The number of thioether (sulfide) groups is 1. The fourth-order valence-electron chi connectivity index (χ4n) is 2.04. The van der Waals surface area contributed by atoms with Crippen LogP contribution in [0.2, 0.25) is 5.02 Å². The lowest BCUT2D eigenvalue weighted by atomic mass is 10.2. The van der Waals surface area contributed by atoms with Gasteiger partial charge < -0.3 is 8.83 Å². The average molecular weight is 376 g/mol. The Labute approximate surface area is 150 Å². The molecule has 0 spiro atoms. The lowest BCUT2D eigenvalue weighted by molar-refractivity contribution is 0.465. The van der Waals surface area contributed by atoms with Gasteiger partial charge in [0.25, 0.3) is 11.1 Å². The van der Waals surface area contributed by atoms with E-state index in [4.69, 9.17) is 20.4 Å². The molecule has 120 valence electrons. The highest BCUT2D eigenvalue weighted by Crippen LogP contribution is 2.29. The number of benzene rings is 1. The van der Waals surface area contributed by atoms with E-state index in [1.54, 1.807) is 17.5 Å². The smallest absolute Gasteiger partial charge is 0.277 e. The summed E-state index contributed by atoms with van der Waals surface area (Å²) in [6.07, 6.45) is 1.69. The van der Waals surface area contributed by atoms with E-state index in [-0.39, 0.29) is 0 Å². The van der Waals surface area contributed by atoms with E-state index in [2.05, 4.69) is 15.2 Å². The molecular weight excluding hydrogens is 366 g/mol. The molecule has 0 saturated carbocycles. The molecule has 5 nitrogen and oxygen atoms in total. The molecule has 3 aromatic heterocycles. The highest BCUT2D eigenvalue weighted by molar-refractivity contribution is 7.98. The van der Waals surface area contributed by atoms with Gasteiger partial charge in [0.15, 0.2) is 5.76 Å². The minimum atomic E-state index is 0.487. The van der Waals surface area contributed by atoms with Crippen molar-refractivity contribution in [2.75, 3.05) is 0 Å². The molecule has 0 N–H and O–H groups in total. The van der Waals surface area contributed by atoms with Gasteiger partial charge in [-0.25, -0.2) is 4.98 Å². The van der Waals surface area contributed by atoms with E-state index < -0.39 is 0 Å². The molecule has 0 radical (unpaired) electrons. The number of rotatable bonds is 5.